The van der Waals surface area contributed by atoms with Gasteiger partial charge in [-0.3, -0.25) is 9.59 Å². The molecule has 0 radical (unpaired) electrons. The maximum absolute atomic E-state index is 13.5. The predicted molar refractivity (Wildman–Crippen MR) is 121 cm³/mol. The zero-order valence-corrected chi connectivity index (χ0v) is 19.6. The highest BCUT2D eigenvalue weighted by molar-refractivity contribution is 7.10. The highest BCUT2D eigenvalue weighted by atomic mass is 32.1. The Morgan fingerprint density at radius 3 is 2.43 bits per heavy atom. The molecule has 1 aliphatic heterocycles. The van der Waals surface area contributed by atoms with Crippen molar-refractivity contribution < 1.29 is 14.3 Å². The summed E-state index contributed by atoms with van der Waals surface area (Å²) in [4.78, 5) is 31.4. The van der Waals surface area contributed by atoms with Gasteiger partial charge < -0.3 is 14.5 Å². The van der Waals surface area contributed by atoms with Crippen LogP contribution in [-0.4, -0.2) is 47.9 Å². The van der Waals surface area contributed by atoms with Crippen molar-refractivity contribution in [3.05, 3.63) is 51.7 Å². The zero-order chi connectivity index (χ0) is 22.1. The molecular formula is C24H32N2O3S. The molecule has 3 rings (SSSR count). The van der Waals surface area contributed by atoms with Gasteiger partial charge in [0.05, 0.1) is 13.2 Å². The second kappa shape index (κ2) is 8.80. The van der Waals surface area contributed by atoms with Crippen LogP contribution in [0.1, 0.15) is 56.7 Å². The summed E-state index contributed by atoms with van der Waals surface area (Å²) in [7, 11) is 1.65. The van der Waals surface area contributed by atoms with Gasteiger partial charge in [0.25, 0.3) is 0 Å². The largest absolute Gasteiger partial charge is 0.497 e. The van der Waals surface area contributed by atoms with Gasteiger partial charge in [-0.05, 0) is 55.0 Å². The van der Waals surface area contributed by atoms with Crippen LogP contribution in [0, 0.1) is 5.41 Å². The van der Waals surface area contributed by atoms with E-state index in [1.54, 1.807) is 23.3 Å². The quantitative estimate of drug-likeness (QED) is 0.704. The smallest absolute Gasteiger partial charge is 0.243 e. The van der Waals surface area contributed by atoms with E-state index in [4.69, 9.17) is 4.74 Å². The van der Waals surface area contributed by atoms with Gasteiger partial charge in [-0.1, -0.05) is 32.9 Å². The summed E-state index contributed by atoms with van der Waals surface area (Å²) in [5.74, 6) is 0.777. The molecule has 0 bridgehead atoms. The molecule has 1 aliphatic rings. The third-order valence-corrected chi connectivity index (χ3v) is 6.55. The molecule has 162 valence electrons. The number of nitrogens with zero attached hydrogens (tertiary/aromatic N) is 2. The Kier molecular flexibility index (Phi) is 6.56. The fourth-order valence-electron chi connectivity index (χ4n) is 3.89. The van der Waals surface area contributed by atoms with Crippen LogP contribution in [0.2, 0.25) is 0 Å². The SMILES string of the molecule is COc1ccc([C@@H]2c3ccsc3CCN2C(=O)CN(C(=O)C(C)(C)C)C(C)C)cc1. The number of hydrogen-bond acceptors (Lipinski definition) is 4. The molecular weight excluding hydrogens is 396 g/mol. The highest BCUT2D eigenvalue weighted by Crippen LogP contribution is 2.38. The van der Waals surface area contributed by atoms with Crippen LogP contribution in [0.25, 0.3) is 0 Å². The van der Waals surface area contributed by atoms with E-state index in [2.05, 4.69) is 11.4 Å². The van der Waals surface area contributed by atoms with Crippen LogP contribution in [0.5, 0.6) is 5.75 Å². The van der Waals surface area contributed by atoms with Crippen molar-refractivity contribution in [2.45, 2.75) is 53.1 Å². The van der Waals surface area contributed by atoms with Crippen LogP contribution in [0.3, 0.4) is 0 Å². The number of benzene rings is 1. The van der Waals surface area contributed by atoms with Crippen molar-refractivity contribution >= 4 is 23.2 Å². The Bertz CT molecular complexity index is 896. The lowest BCUT2D eigenvalue weighted by Gasteiger charge is -2.39. The summed E-state index contributed by atoms with van der Waals surface area (Å²) >= 11 is 1.75. The lowest BCUT2D eigenvalue weighted by Crippen LogP contribution is -2.51. The first-order valence-electron chi connectivity index (χ1n) is 10.4. The molecule has 30 heavy (non-hydrogen) atoms. The topological polar surface area (TPSA) is 49.9 Å². The summed E-state index contributed by atoms with van der Waals surface area (Å²) < 4.78 is 5.30. The van der Waals surface area contributed by atoms with Crippen LogP contribution >= 0.6 is 11.3 Å². The number of fused-ring (bicyclic) bond motifs is 1. The third-order valence-electron chi connectivity index (χ3n) is 5.55. The Hall–Kier alpha value is -2.34. The molecule has 1 aromatic carbocycles. The lowest BCUT2D eigenvalue weighted by molar-refractivity contribution is -0.148. The average molecular weight is 429 g/mol. The molecule has 5 nitrogen and oxygen atoms in total. The molecule has 2 aromatic rings. The van der Waals surface area contributed by atoms with E-state index in [1.165, 1.54) is 10.4 Å². The molecule has 2 heterocycles. The molecule has 0 N–H and O–H groups in total. The van der Waals surface area contributed by atoms with Gasteiger partial charge in [-0.15, -0.1) is 11.3 Å². The molecule has 0 fully saturated rings. The summed E-state index contributed by atoms with van der Waals surface area (Å²) in [6.45, 7) is 10.4. The molecule has 0 unspecified atom stereocenters. The summed E-state index contributed by atoms with van der Waals surface area (Å²) in [5.41, 5.74) is 1.72. The molecule has 1 atom stereocenters. The van der Waals surface area contributed by atoms with Crippen molar-refractivity contribution in [1.29, 1.82) is 0 Å². The number of amides is 2. The monoisotopic (exact) mass is 428 g/mol. The van der Waals surface area contributed by atoms with Gasteiger partial charge >= 0.3 is 0 Å². The highest BCUT2D eigenvalue weighted by Gasteiger charge is 2.36. The minimum atomic E-state index is -0.525. The molecule has 6 heteroatoms. The third kappa shape index (κ3) is 4.53. The van der Waals surface area contributed by atoms with Crippen molar-refractivity contribution in [1.82, 2.24) is 9.80 Å². The van der Waals surface area contributed by atoms with Crippen molar-refractivity contribution in [3.63, 3.8) is 0 Å². The first kappa shape index (κ1) is 22.3. The number of thiophene rings is 1. The molecule has 1 aromatic heterocycles. The van der Waals surface area contributed by atoms with Crippen LogP contribution < -0.4 is 4.74 Å². The second-order valence-corrected chi connectivity index (χ2v) is 10.1. The van der Waals surface area contributed by atoms with Crippen LogP contribution in [-0.2, 0) is 16.0 Å². The minimum absolute atomic E-state index is 0.0000734. The van der Waals surface area contributed by atoms with Crippen LogP contribution in [0.15, 0.2) is 35.7 Å². The van der Waals surface area contributed by atoms with Gasteiger partial charge in [0, 0.05) is 22.9 Å². The van der Waals surface area contributed by atoms with E-state index in [9.17, 15) is 9.59 Å². The van der Waals surface area contributed by atoms with E-state index in [0.29, 0.717) is 6.54 Å². The minimum Gasteiger partial charge on any atom is -0.497 e. The lowest BCUT2D eigenvalue weighted by atomic mass is 9.92. The Labute approximate surface area is 183 Å². The molecule has 0 saturated heterocycles. The second-order valence-electron chi connectivity index (χ2n) is 9.09. The van der Waals surface area contributed by atoms with Crippen molar-refractivity contribution in [2.75, 3.05) is 20.2 Å². The van der Waals surface area contributed by atoms with E-state index in [1.807, 2.05) is 63.8 Å². The van der Waals surface area contributed by atoms with Gasteiger partial charge in [0.15, 0.2) is 0 Å². The van der Waals surface area contributed by atoms with E-state index in [0.717, 1.165) is 17.7 Å². The maximum atomic E-state index is 13.5. The Morgan fingerprint density at radius 1 is 1.20 bits per heavy atom. The van der Waals surface area contributed by atoms with Crippen molar-refractivity contribution in [3.8, 4) is 5.75 Å². The maximum Gasteiger partial charge on any atom is 0.243 e. The molecule has 0 aliphatic carbocycles. The van der Waals surface area contributed by atoms with Gasteiger partial charge in [0.1, 0.15) is 12.3 Å². The molecule has 2 amide bonds. The number of hydrogen-bond donors (Lipinski definition) is 0. The van der Waals surface area contributed by atoms with E-state index in [-0.39, 0.29) is 30.4 Å². The fourth-order valence-corrected chi connectivity index (χ4v) is 4.79. The summed E-state index contributed by atoms with van der Waals surface area (Å²) in [6, 6.07) is 9.85. The predicted octanol–water partition coefficient (Wildman–Crippen LogP) is 4.51. The van der Waals surface area contributed by atoms with Gasteiger partial charge in [-0.25, -0.2) is 0 Å². The van der Waals surface area contributed by atoms with E-state index >= 15 is 0 Å². The first-order valence-corrected chi connectivity index (χ1v) is 11.3. The van der Waals surface area contributed by atoms with Crippen LogP contribution in [0.4, 0.5) is 0 Å². The average Bonchev–Trinajstić information content (AvgIpc) is 3.18. The summed E-state index contributed by atoms with van der Waals surface area (Å²) in [6.07, 6.45) is 0.848. The standard InChI is InChI=1S/C24H32N2O3S/c1-16(2)26(23(28)24(3,4)5)15-21(27)25-13-11-20-19(12-14-30-20)22(25)17-7-9-18(29-6)10-8-17/h7-10,12,14,16,22H,11,13,15H2,1-6H3/t22-/m1/s1. The van der Waals surface area contributed by atoms with Gasteiger partial charge in [-0.2, -0.15) is 0 Å². The zero-order valence-electron chi connectivity index (χ0n) is 18.8. The summed E-state index contributed by atoms with van der Waals surface area (Å²) in [5, 5.41) is 2.10. The van der Waals surface area contributed by atoms with Gasteiger partial charge in [0.2, 0.25) is 11.8 Å². The number of methoxy groups -OCH3 is 1. The Balaban J connectivity index is 1.92. The Morgan fingerprint density at radius 2 is 1.87 bits per heavy atom. The van der Waals surface area contributed by atoms with Crippen molar-refractivity contribution in [2.24, 2.45) is 5.41 Å². The molecule has 0 saturated carbocycles. The number of rotatable bonds is 5. The fraction of sp³-hybridized carbons (Fsp3) is 0.500. The normalized spacial score (nSPS) is 16.4. The van der Waals surface area contributed by atoms with E-state index < -0.39 is 5.41 Å². The molecule has 0 spiro atoms. The number of carbonyl (C=O) groups excluding carboxylic acids is 2. The first-order chi connectivity index (χ1) is 14.1. The number of carbonyl (C=O) groups is 2. The number of ether oxygens (including phenoxy) is 1.